The molecule has 0 aliphatic heterocycles. The highest BCUT2D eigenvalue weighted by Gasteiger charge is 2.25. The van der Waals surface area contributed by atoms with Crippen LogP contribution in [0.2, 0.25) is 0 Å². The molecule has 1 saturated carbocycles. The van der Waals surface area contributed by atoms with Crippen LogP contribution in [0.5, 0.6) is 0 Å². The number of hydrogen-bond acceptors (Lipinski definition) is 4. The van der Waals surface area contributed by atoms with Gasteiger partial charge in [0, 0.05) is 32.8 Å². The number of ether oxygens (including phenoxy) is 2. The maximum atomic E-state index is 5.67. The Morgan fingerprint density at radius 2 is 2.15 bits per heavy atom. The van der Waals surface area contributed by atoms with E-state index in [0.29, 0.717) is 18.7 Å². The molecular weight excluding hydrogens is 168 g/mol. The average Bonchev–Trinajstić information content (AvgIpc) is 2.08. The summed E-state index contributed by atoms with van der Waals surface area (Å²) in [5.41, 5.74) is 5.67. The molecule has 1 fully saturated rings. The lowest BCUT2D eigenvalue weighted by molar-refractivity contribution is 0.0252. The molecule has 0 spiro atoms. The Kier molecular flexibility index (Phi) is 4.66. The van der Waals surface area contributed by atoms with Gasteiger partial charge in [-0.05, 0) is 12.8 Å². The van der Waals surface area contributed by atoms with Crippen molar-refractivity contribution >= 4 is 0 Å². The van der Waals surface area contributed by atoms with Crippen molar-refractivity contribution < 1.29 is 9.47 Å². The van der Waals surface area contributed by atoms with Gasteiger partial charge in [0.25, 0.3) is 0 Å². The lowest BCUT2D eigenvalue weighted by Crippen LogP contribution is -2.50. The van der Waals surface area contributed by atoms with Gasteiger partial charge >= 0.3 is 0 Å². The molecule has 1 atom stereocenters. The van der Waals surface area contributed by atoms with E-state index in [2.05, 4.69) is 5.32 Å². The molecule has 78 valence electrons. The molecule has 0 amide bonds. The first-order valence-electron chi connectivity index (χ1n) is 4.77. The van der Waals surface area contributed by atoms with Crippen molar-refractivity contribution in [3.63, 3.8) is 0 Å². The fraction of sp³-hybridized carbons (Fsp3) is 1.00. The molecule has 0 heterocycles. The molecule has 4 heteroatoms. The van der Waals surface area contributed by atoms with Gasteiger partial charge in [-0.1, -0.05) is 0 Å². The summed E-state index contributed by atoms with van der Waals surface area (Å²) in [5.74, 6) is 0. The Morgan fingerprint density at radius 3 is 2.62 bits per heavy atom. The molecule has 1 aliphatic rings. The van der Waals surface area contributed by atoms with Gasteiger partial charge in [0.1, 0.15) is 0 Å². The van der Waals surface area contributed by atoms with Gasteiger partial charge in [-0.3, -0.25) is 0 Å². The number of nitrogens with two attached hydrogens (primary N) is 1. The zero-order valence-corrected chi connectivity index (χ0v) is 8.45. The van der Waals surface area contributed by atoms with Crippen LogP contribution in [0.3, 0.4) is 0 Å². The Balaban J connectivity index is 2.02. The molecule has 4 nitrogen and oxygen atoms in total. The van der Waals surface area contributed by atoms with Crippen LogP contribution in [0.4, 0.5) is 0 Å². The average molecular weight is 188 g/mol. The van der Waals surface area contributed by atoms with Gasteiger partial charge < -0.3 is 20.5 Å². The highest BCUT2D eigenvalue weighted by molar-refractivity contribution is 4.88. The normalized spacial score (nSPS) is 29.8. The topological polar surface area (TPSA) is 56.5 Å². The van der Waals surface area contributed by atoms with E-state index in [1.54, 1.807) is 14.2 Å². The van der Waals surface area contributed by atoms with Gasteiger partial charge in [-0.15, -0.1) is 0 Å². The van der Waals surface area contributed by atoms with Crippen LogP contribution in [0.15, 0.2) is 0 Å². The first-order valence-corrected chi connectivity index (χ1v) is 4.77. The molecule has 0 bridgehead atoms. The SMILES string of the molecule is COCC(CNC1CC(N)C1)OC. The Labute approximate surface area is 79.8 Å². The summed E-state index contributed by atoms with van der Waals surface area (Å²) in [6.07, 6.45) is 2.33. The molecular formula is C9H20N2O2. The van der Waals surface area contributed by atoms with Crippen LogP contribution in [0.1, 0.15) is 12.8 Å². The highest BCUT2D eigenvalue weighted by atomic mass is 16.5. The minimum atomic E-state index is 0.154. The van der Waals surface area contributed by atoms with Crippen LogP contribution in [0.25, 0.3) is 0 Å². The van der Waals surface area contributed by atoms with Crippen LogP contribution in [0, 0.1) is 0 Å². The second-order valence-electron chi connectivity index (χ2n) is 3.65. The summed E-state index contributed by atoms with van der Waals surface area (Å²) in [5, 5.41) is 3.40. The van der Waals surface area contributed by atoms with E-state index in [4.69, 9.17) is 15.2 Å². The fourth-order valence-corrected chi connectivity index (χ4v) is 1.52. The van der Waals surface area contributed by atoms with Crippen LogP contribution in [-0.2, 0) is 9.47 Å². The number of rotatable bonds is 6. The van der Waals surface area contributed by atoms with Crippen LogP contribution >= 0.6 is 0 Å². The van der Waals surface area contributed by atoms with E-state index in [1.807, 2.05) is 0 Å². The van der Waals surface area contributed by atoms with Crippen molar-refractivity contribution in [1.29, 1.82) is 0 Å². The molecule has 0 radical (unpaired) electrons. The van der Waals surface area contributed by atoms with Crippen molar-refractivity contribution in [3.05, 3.63) is 0 Å². The molecule has 1 aliphatic carbocycles. The Hall–Kier alpha value is -0.160. The summed E-state index contributed by atoms with van der Waals surface area (Å²) >= 11 is 0. The van der Waals surface area contributed by atoms with Gasteiger partial charge in [0.05, 0.1) is 12.7 Å². The lowest BCUT2D eigenvalue weighted by Gasteiger charge is -2.34. The van der Waals surface area contributed by atoms with Gasteiger partial charge in [-0.25, -0.2) is 0 Å². The second kappa shape index (κ2) is 5.54. The summed E-state index contributed by atoms with van der Waals surface area (Å²) in [7, 11) is 3.39. The molecule has 0 aromatic carbocycles. The van der Waals surface area contributed by atoms with E-state index < -0.39 is 0 Å². The van der Waals surface area contributed by atoms with E-state index in [0.717, 1.165) is 19.4 Å². The van der Waals surface area contributed by atoms with Crippen LogP contribution < -0.4 is 11.1 Å². The third-order valence-electron chi connectivity index (χ3n) is 2.49. The highest BCUT2D eigenvalue weighted by Crippen LogP contribution is 2.17. The zero-order chi connectivity index (χ0) is 9.68. The molecule has 13 heavy (non-hydrogen) atoms. The number of methoxy groups -OCH3 is 2. The third-order valence-corrected chi connectivity index (χ3v) is 2.49. The molecule has 0 aromatic heterocycles. The van der Waals surface area contributed by atoms with Crippen molar-refractivity contribution in [1.82, 2.24) is 5.32 Å². The van der Waals surface area contributed by atoms with Gasteiger partial charge in [0.2, 0.25) is 0 Å². The maximum Gasteiger partial charge on any atom is 0.0928 e. The van der Waals surface area contributed by atoms with E-state index in [-0.39, 0.29) is 6.10 Å². The predicted octanol–water partition coefficient (Wildman–Crippen LogP) is -0.273. The first-order chi connectivity index (χ1) is 6.26. The summed E-state index contributed by atoms with van der Waals surface area (Å²) < 4.78 is 10.2. The number of nitrogens with one attached hydrogen (secondary N) is 1. The first kappa shape index (κ1) is 10.9. The van der Waals surface area contributed by atoms with Gasteiger partial charge in [0.15, 0.2) is 0 Å². The molecule has 1 rings (SSSR count). The molecule has 0 aromatic rings. The van der Waals surface area contributed by atoms with Crippen molar-refractivity contribution in [2.75, 3.05) is 27.4 Å². The van der Waals surface area contributed by atoms with E-state index >= 15 is 0 Å². The van der Waals surface area contributed by atoms with Crippen LogP contribution in [-0.4, -0.2) is 45.6 Å². The summed E-state index contributed by atoms with van der Waals surface area (Å²) in [4.78, 5) is 0. The molecule has 0 saturated heterocycles. The van der Waals surface area contributed by atoms with E-state index in [1.165, 1.54) is 0 Å². The van der Waals surface area contributed by atoms with Crippen molar-refractivity contribution in [3.8, 4) is 0 Å². The smallest absolute Gasteiger partial charge is 0.0928 e. The standard InChI is InChI=1S/C9H20N2O2/c1-12-6-9(13-2)5-11-8-3-7(10)4-8/h7-9,11H,3-6,10H2,1-2H3. The quantitative estimate of drug-likeness (QED) is 0.602. The van der Waals surface area contributed by atoms with Gasteiger partial charge in [-0.2, -0.15) is 0 Å². The zero-order valence-electron chi connectivity index (χ0n) is 8.45. The Bertz CT molecular complexity index is 138. The summed E-state index contributed by atoms with van der Waals surface area (Å²) in [6, 6.07) is 0.991. The maximum absolute atomic E-state index is 5.67. The minimum absolute atomic E-state index is 0.154. The fourth-order valence-electron chi connectivity index (χ4n) is 1.52. The molecule has 1 unspecified atom stereocenters. The predicted molar refractivity (Wildman–Crippen MR) is 51.7 cm³/mol. The molecule has 3 N–H and O–H groups in total. The largest absolute Gasteiger partial charge is 0.382 e. The van der Waals surface area contributed by atoms with E-state index in [9.17, 15) is 0 Å². The number of hydrogen-bond donors (Lipinski definition) is 2. The Morgan fingerprint density at radius 1 is 1.46 bits per heavy atom. The second-order valence-corrected chi connectivity index (χ2v) is 3.65. The van der Waals surface area contributed by atoms with Crippen molar-refractivity contribution in [2.24, 2.45) is 5.73 Å². The third kappa shape index (κ3) is 3.60. The minimum Gasteiger partial charge on any atom is -0.382 e. The monoisotopic (exact) mass is 188 g/mol. The van der Waals surface area contributed by atoms with Crippen molar-refractivity contribution in [2.45, 2.75) is 31.0 Å². The lowest BCUT2D eigenvalue weighted by atomic mass is 9.87. The summed E-state index contributed by atoms with van der Waals surface area (Å²) in [6.45, 7) is 1.49.